The summed E-state index contributed by atoms with van der Waals surface area (Å²) in [6, 6.07) is -0.244. The number of hydrogen-bond donors (Lipinski definition) is 2. The Kier molecular flexibility index (Phi) is 3.65. The lowest BCUT2D eigenvalue weighted by atomic mass is 9.95. The molecular weight excluding hydrogens is 272 g/mol. The predicted molar refractivity (Wildman–Crippen MR) is 73.4 cm³/mol. The fraction of sp³-hybridized carbons (Fsp3) is 0.714. The van der Waals surface area contributed by atoms with Gasteiger partial charge in [-0.3, -0.25) is 9.59 Å². The number of aliphatic carboxylic acids is 1. The third-order valence-electron chi connectivity index (χ3n) is 4.55. The average molecular weight is 292 g/mol. The zero-order chi connectivity index (χ0) is 15.0. The molecular formula is C14H20N4O3. The smallest absolute Gasteiger partial charge is 0.307 e. The molecule has 114 valence electrons. The molecule has 3 atom stereocenters. The number of aromatic nitrogens is 3. The van der Waals surface area contributed by atoms with Crippen LogP contribution in [0.5, 0.6) is 0 Å². The fourth-order valence-electron chi connectivity index (χ4n) is 3.45. The molecule has 2 aliphatic rings. The van der Waals surface area contributed by atoms with Crippen molar-refractivity contribution < 1.29 is 14.7 Å². The topological polar surface area (TPSA) is 97.1 Å². The highest BCUT2D eigenvalue weighted by Crippen LogP contribution is 2.32. The van der Waals surface area contributed by atoms with Crippen LogP contribution in [0.1, 0.15) is 50.3 Å². The third kappa shape index (κ3) is 2.52. The molecule has 1 aromatic rings. The number of carbonyl (C=O) groups is 2. The molecule has 1 saturated carbocycles. The maximum absolute atomic E-state index is 12.3. The summed E-state index contributed by atoms with van der Waals surface area (Å²) >= 11 is 0. The molecule has 0 aromatic carbocycles. The molecule has 3 unspecified atom stereocenters. The van der Waals surface area contributed by atoms with Crippen LogP contribution in [0.3, 0.4) is 0 Å². The first kappa shape index (κ1) is 14.0. The minimum atomic E-state index is -0.872. The Morgan fingerprint density at radius 1 is 1.29 bits per heavy atom. The van der Waals surface area contributed by atoms with Crippen LogP contribution in [-0.2, 0) is 22.6 Å². The molecule has 1 amide bonds. The van der Waals surface area contributed by atoms with Gasteiger partial charge in [-0.05, 0) is 26.2 Å². The normalized spacial score (nSPS) is 25.6. The van der Waals surface area contributed by atoms with E-state index in [4.69, 9.17) is 0 Å². The van der Waals surface area contributed by atoms with E-state index < -0.39 is 17.8 Å². The third-order valence-corrected chi connectivity index (χ3v) is 4.55. The molecule has 3 rings (SSSR count). The van der Waals surface area contributed by atoms with Gasteiger partial charge in [0, 0.05) is 13.0 Å². The van der Waals surface area contributed by atoms with Crippen molar-refractivity contribution in [2.75, 3.05) is 0 Å². The summed E-state index contributed by atoms with van der Waals surface area (Å²) in [5.74, 6) is -0.297. The summed E-state index contributed by atoms with van der Waals surface area (Å²) in [5, 5.41) is 20.4. The molecule has 1 aliphatic carbocycles. The van der Waals surface area contributed by atoms with Gasteiger partial charge in [-0.2, -0.15) is 0 Å². The van der Waals surface area contributed by atoms with E-state index in [0.717, 1.165) is 37.5 Å². The van der Waals surface area contributed by atoms with Crippen LogP contribution in [0.15, 0.2) is 0 Å². The fourth-order valence-corrected chi connectivity index (χ4v) is 3.45. The van der Waals surface area contributed by atoms with Crippen molar-refractivity contribution in [3.8, 4) is 0 Å². The number of carboxylic acid groups (broad SMARTS) is 1. The van der Waals surface area contributed by atoms with Crippen LogP contribution in [0.2, 0.25) is 0 Å². The van der Waals surface area contributed by atoms with Crippen molar-refractivity contribution in [2.24, 2.45) is 11.8 Å². The van der Waals surface area contributed by atoms with Crippen LogP contribution in [0, 0.1) is 11.8 Å². The molecule has 1 fully saturated rings. The van der Waals surface area contributed by atoms with Crippen molar-refractivity contribution >= 4 is 11.9 Å². The minimum absolute atomic E-state index is 0.178. The summed E-state index contributed by atoms with van der Waals surface area (Å²) in [7, 11) is 0. The van der Waals surface area contributed by atoms with Crippen LogP contribution in [0.4, 0.5) is 0 Å². The van der Waals surface area contributed by atoms with E-state index in [0.29, 0.717) is 12.8 Å². The highest BCUT2D eigenvalue weighted by molar-refractivity contribution is 5.85. The molecule has 0 spiro atoms. The van der Waals surface area contributed by atoms with Gasteiger partial charge >= 0.3 is 5.97 Å². The van der Waals surface area contributed by atoms with Crippen molar-refractivity contribution in [1.82, 2.24) is 20.1 Å². The Hall–Kier alpha value is -1.92. The van der Waals surface area contributed by atoms with Gasteiger partial charge < -0.3 is 15.0 Å². The van der Waals surface area contributed by atoms with Gasteiger partial charge in [0.2, 0.25) is 5.91 Å². The van der Waals surface area contributed by atoms with E-state index >= 15 is 0 Å². The quantitative estimate of drug-likeness (QED) is 0.859. The van der Waals surface area contributed by atoms with Gasteiger partial charge in [0.25, 0.3) is 0 Å². The molecule has 21 heavy (non-hydrogen) atoms. The summed E-state index contributed by atoms with van der Waals surface area (Å²) in [6.07, 6.45) is 4.01. The number of nitrogens with zero attached hydrogens (tertiary/aromatic N) is 3. The second kappa shape index (κ2) is 5.46. The van der Waals surface area contributed by atoms with Gasteiger partial charge in [-0.1, -0.05) is 6.42 Å². The summed E-state index contributed by atoms with van der Waals surface area (Å²) in [6.45, 7) is 2.76. The van der Waals surface area contributed by atoms with Gasteiger partial charge in [0.15, 0.2) is 5.82 Å². The number of rotatable bonds is 4. The first-order chi connectivity index (χ1) is 10.1. The minimum Gasteiger partial charge on any atom is -0.481 e. The Morgan fingerprint density at radius 3 is 2.81 bits per heavy atom. The molecule has 7 nitrogen and oxygen atoms in total. The number of carboxylic acids is 1. The van der Waals surface area contributed by atoms with Gasteiger partial charge in [-0.15, -0.1) is 10.2 Å². The molecule has 1 aromatic heterocycles. The zero-order valence-electron chi connectivity index (χ0n) is 12.1. The van der Waals surface area contributed by atoms with Gasteiger partial charge in [0.1, 0.15) is 5.82 Å². The summed E-state index contributed by atoms with van der Waals surface area (Å²) in [5.41, 5.74) is 0. The molecule has 0 bridgehead atoms. The van der Waals surface area contributed by atoms with E-state index in [1.807, 2.05) is 11.5 Å². The van der Waals surface area contributed by atoms with Gasteiger partial charge in [-0.25, -0.2) is 0 Å². The van der Waals surface area contributed by atoms with Crippen LogP contribution in [0.25, 0.3) is 0 Å². The van der Waals surface area contributed by atoms with Crippen molar-refractivity contribution in [3.63, 3.8) is 0 Å². The van der Waals surface area contributed by atoms with E-state index in [1.54, 1.807) is 0 Å². The summed E-state index contributed by atoms with van der Waals surface area (Å²) < 4.78 is 2.05. The Labute approximate surface area is 122 Å². The van der Waals surface area contributed by atoms with E-state index in [-0.39, 0.29) is 11.9 Å². The van der Waals surface area contributed by atoms with Crippen LogP contribution in [-0.4, -0.2) is 31.7 Å². The zero-order valence-corrected chi connectivity index (χ0v) is 12.1. The number of nitrogens with one attached hydrogen (secondary N) is 1. The lowest BCUT2D eigenvalue weighted by molar-refractivity contribution is -0.146. The van der Waals surface area contributed by atoms with Crippen molar-refractivity contribution in [1.29, 1.82) is 0 Å². The number of hydrogen-bond acceptors (Lipinski definition) is 4. The highest BCUT2D eigenvalue weighted by atomic mass is 16.4. The maximum Gasteiger partial charge on any atom is 0.307 e. The Balaban J connectivity index is 1.68. The van der Waals surface area contributed by atoms with Crippen LogP contribution >= 0.6 is 0 Å². The second-order valence-electron chi connectivity index (χ2n) is 5.94. The summed E-state index contributed by atoms with van der Waals surface area (Å²) in [4.78, 5) is 23.5. The van der Waals surface area contributed by atoms with E-state index in [2.05, 4.69) is 15.5 Å². The molecule has 2 N–H and O–H groups in total. The van der Waals surface area contributed by atoms with E-state index in [1.165, 1.54) is 0 Å². The van der Waals surface area contributed by atoms with E-state index in [9.17, 15) is 14.7 Å². The molecule has 0 saturated heterocycles. The van der Waals surface area contributed by atoms with Crippen molar-refractivity contribution in [3.05, 3.63) is 11.6 Å². The Bertz CT molecular complexity index is 569. The standard InChI is InChI=1S/C14H20N4O3/c1-8(12-17-16-11-6-3-7-18(11)12)15-13(19)9-4-2-5-10(9)14(20)21/h8-10H,2-7H2,1H3,(H,15,19)(H,20,21). The monoisotopic (exact) mass is 292 g/mol. The first-order valence-electron chi connectivity index (χ1n) is 7.53. The SMILES string of the molecule is CC(NC(=O)C1CCCC1C(=O)O)c1nnc2n1CCC2. The number of aryl methyl sites for hydroxylation is 1. The Morgan fingerprint density at radius 2 is 2.05 bits per heavy atom. The average Bonchev–Trinajstić information content (AvgIpc) is 3.14. The largest absolute Gasteiger partial charge is 0.481 e. The molecule has 7 heteroatoms. The number of fused-ring (bicyclic) bond motifs is 1. The second-order valence-corrected chi connectivity index (χ2v) is 5.94. The molecule has 0 radical (unpaired) electrons. The number of amides is 1. The van der Waals surface area contributed by atoms with Crippen molar-refractivity contribution in [2.45, 2.75) is 51.6 Å². The molecule has 2 heterocycles. The highest BCUT2D eigenvalue weighted by Gasteiger charge is 2.38. The van der Waals surface area contributed by atoms with Gasteiger partial charge in [0.05, 0.1) is 17.9 Å². The lowest BCUT2D eigenvalue weighted by Crippen LogP contribution is -2.37. The lowest BCUT2D eigenvalue weighted by Gasteiger charge is -2.19. The predicted octanol–water partition coefficient (Wildman–Crippen LogP) is 0.902. The number of carbonyl (C=O) groups excluding carboxylic acids is 1. The molecule has 1 aliphatic heterocycles. The first-order valence-corrected chi connectivity index (χ1v) is 7.53. The van der Waals surface area contributed by atoms with Crippen LogP contribution < -0.4 is 5.32 Å². The maximum atomic E-state index is 12.3.